The van der Waals surface area contributed by atoms with Crippen molar-refractivity contribution in [2.45, 2.75) is 31.7 Å². The molecule has 3 heteroatoms. The highest BCUT2D eigenvalue weighted by atomic mass is 32.2. The molecule has 0 aromatic heterocycles. The van der Waals surface area contributed by atoms with Crippen molar-refractivity contribution in [3.8, 4) is 0 Å². The molecule has 1 heterocycles. The first-order valence-corrected chi connectivity index (χ1v) is 9.12. The number of benzene rings is 1. The van der Waals surface area contributed by atoms with Crippen molar-refractivity contribution in [1.82, 2.24) is 10.2 Å². The second kappa shape index (κ2) is 6.97. The van der Waals surface area contributed by atoms with Crippen molar-refractivity contribution >= 4 is 11.8 Å². The largest absolute Gasteiger partial charge is 0.309 e. The molecule has 0 radical (unpaired) electrons. The van der Waals surface area contributed by atoms with Crippen molar-refractivity contribution < 1.29 is 0 Å². The SMILES string of the molecule is CC1CCC(NCCN2CCSCC2)c2ccccc21. The molecule has 110 valence electrons. The minimum Gasteiger partial charge on any atom is -0.309 e. The zero-order valence-electron chi connectivity index (χ0n) is 12.5. The molecular formula is C17H26N2S. The summed E-state index contributed by atoms with van der Waals surface area (Å²) < 4.78 is 0. The van der Waals surface area contributed by atoms with E-state index in [0.29, 0.717) is 6.04 Å². The standard InChI is InChI=1S/C17H26N2S/c1-14-6-7-17(16-5-3-2-4-15(14)16)18-8-9-19-10-12-20-13-11-19/h2-5,14,17-18H,6-13H2,1H3. The maximum absolute atomic E-state index is 3.80. The van der Waals surface area contributed by atoms with Gasteiger partial charge in [-0.3, -0.25) is 0 Å². The smallest absolute Gasteiger partial charge is 0.0323 e. The van der Waals surface area contributed by atoms with Crippen LogP contribution in [-0.4, -0.2) is 42.6 Å². The van der Waals surface area contributed by atoms with Crippen LogP contribution in [0.2, 0.25) is 0 Å². The van der Waals surface area contributed by atoms with Crippen LogP contribution in [0.4, 0.5) is 0 Å². The van der Waals surface area contributed by atoms with Crippen LogP contribution in [0.3, 0.4) is 0 Å². The molecule has 1 fully saturated rings. The van der Waals surface area contributed by atoms with Gasteiger partial charge in [0.15, 0.2) is 0 Å². The molecule has 0 amide bonds. The van der Waals surface area contributed by atoms with Gasteiger partial charge in [-0.2, -0.15) is 11.8 Å². The highest BCUT2D eigenvalue weighted by Gasteiger charge is 2.23. The molecule has 0 saturated carbocycles. The monoisotopic (exact) mass is 290 g/mol. The van der Waals surface area contributed by atoms with Gasteiger partial charge in [0.25, 0.3) is 0 Å². The average Bonchev–Trinajstić information content (AvgIpc) is 2.51. The summed E-state index contributed by atoms with van der Waals surface area (Å²) >= 11 is 2.09. The van der Waals surface area contributed by atoms with Crippen LogP contribution in [0.5, 0.6) is 0 Å². The number of nitrogens with zero attached hydrogens (tertiary/aromatic N) is 1. The van der Waals surface area contributed by atoms with Gasteiger partial charge in [0.2, 0.25) is 0 Å². The Kier molecular flexibility index (Phi) is 5.03. The predicted octanol–water partition coefficient (Wildman–Crippen LogP) is 3.26. The molecule has 1 N–H and O–H groups in total. The van der Waals surface area contributed by atoms with Gasteiger partial charge in [0.1, 0.15) is 0 Å². The van der Waals surface area contributed by atoms with Crippen LogP contribution in [0.15, 0.2) is 24.3 Å². The van der Waals surface area contributed by atoms with Crippen LogP contribution in [0.25, 0.3) is 0 Å². The van der Waals surface area contributed by atoms with Crippen LogP contribution in [0.1, 0.15) is 42.9 Å². The highest BCUT2D eigenvalue weighted by molar-refractivity contribution is 7.99. The lowest BCUT2D eigenvalue weighted by atomic mass is 9.81. The van der Waals surface area contributed by atoms with Crippen molar-refractivity contribution in [2.24, 2.45) is 0 Å². The highest BCUT2D eigenvalue weighted by Crippen LogP contribution is 2.36. The number of nitrogens with one attached hydrogen (secondary N) is 1. The van der Waals surface area contributed by atoms with Crippen molar-refractivity contribution in [1.29, 1.82) is 0 Å². The summed E-state index contributed by atoms with van der Waals surface area (Å²) in [7, 11) is 0. The molecule has 2 atom stereocenters. The first-order chi connectivity index (χ1) is 9.84. The number of rotatable bonds is 4. The molecule has 0 bridgehead atoms. The zero-order valence-corrected chi connectivity index (χ0v) is 13.3. The fraction of sp³-hybridized carbons (Fsp3) is 0.647. The maximum Gasteiger partial charge on any atom is 0.0323 e. The van der Waals surface area contributed by atoms with Crippen molar-refractivity contribution in [3.05, 3.63) is 35.4 Å². The van der Waals surface area contributed by atoms with Crippen molar-refractivity contribution in [2.75, 3.05) is 37.7 Å². The molecule has 3 rings (SSSR count). The molecule has 1 aliphatic carbocycles. The van der Waals surface area contributed by atoms with Gasteiger partial charge >= 0.3 is 0 Å². The molecule has 2 aliphatic rings. The van der Waals surface area contributed by atoms with Crippen molar-refractivity contribution in [3.63, 3.8) is 0 Å². The Morgan fingerprint density at radius 2 is 1.90 bits per heavy atom. The van der Waals surface area contributed by atoms with E-state index >= 15 is 0 Å². The summed E-state index contributed by atoms with van der Waals surface area (Å²) in [6.07, 6.45) is 2.60. The van der Waals surface area contributed by atoms with Gasteiger partial charge in [0.05, 0.1) is 0 Å². The van der Waals surface area contributed by atoms with E-state index in [0.717, 1.165) is 12.5 Å². The van der Waals surface area contributed by atoms with E-state index in [-0.39, 0.29) is 0 Å². The normalized spacial score (nSPS) is 27.2. The van der Waals surface area contributed by atoms with Gasteiger partial charge in [-0.1, -0.05) is 31.2 Å². The Morgan fingerprint density at radius 1 is 1.15 bits per heavy atom. The molecule has 2 nitrogen and oxygen atoms in total. The minimum absolute atomic E-state index is 0.571. The Balaban J connectivity index is 1.54. The van der Waals surface area contributed by atoms with E-state index in [1.807, 2.05) is 0 Å². The number of thioether (sulfide) groups is 1. The summed E-state index contributed by atoms with van der Waals surface area (Å²) in [5.41, 5.74) is 3.10. The Bertz CT molecular complexity index is 429. The van der Waals surface area contributed by atoms with Gasteiger partial charge < -0.3 is 10.2 Å². The van der Waals surface area contributed by atoms with Crippen LogP contribution in [0, 0.1) is 0 Å². The van der Waals surface area contributed by atoms with Crippen LogP contribution < -0.4 is 5.32 Å². The van der Waals surface area contributed by atoms with Crippen LogP contribution >= 0.6 is 11.8 Å². The van der Waals surface area contributed by atoms with Gasteiger partial charge in [-0.25, -0.2) is 0 Å². The third-order valence-electron chi connectivity index (χ3n) is 4.71. The quantitative estimate of drug-likeness (QED) is 0.916. The number of hydrogen-bond donors (Lipinski definition) is 1. The minimum atomic E-state index is 0.571. The van der Waals surface area contributed by atoms with E-state index in [1.165, 1.54) is 44.0 Å². The zero-order chi connectivity index (χ0) is 13.8. The molecule has 1 aliphatic heterocycles. The summed E-state index contributed by atoms with van der Waals surface area (Å²) in [5, 5.41) is 3.80. The second-order valence-electron chi connectivity index (χ2n) is 6.07. The molecular weight excluding hydrogens is 264 g/mol. The third kappa shape index (κ3) is 3.38. The lowest BCUT2D eigenvalue weighted by molar-refractivity contribution is 0.290. The first kappa shape index (κ1) is 14.4. The first-order valence-electron chi connectivity index (χ1n) is 7.97. The fourth-order valence-electron chi connectivity index (χ4n) is 3.44. The van der Waals surface area contributed by atoms with E-state index < -0.39 is 0 Å². The summed E-state index contributed by atoms with van der Waals surface area (Å²) in [5.74, 6) is 3.34. The lowest BCUT2D eigenvalue weighted by Crippen LogP contribution is -2.39. The second-order valence-corrected chi connectivity index (χ2v) is 7.29. The van der Waals surface area contributed by atoms with E-state index in [9.17, 15) is 0 Å². The summed E-state index contributed by atoms with van der Waals surface area (Å²) in [6, 6.07) is 9.58. The van der Waals surface area contributed by atoms with Gasteiger partial charge in [0, 0.05) is 43.7 Å². The molecule has 0 spiro atoms. The van der Waals surface area contributed by atoms with Crippen LogP contribution in [-0.2, 0) is 0 Å². The van der Waals surface area contributed by atoms with Gasteiger partial charge in [-0.05, 0) is 29.9 Å². The van der Waals surface area contributed by atoms with E-state index in [2.05, 4.69) is 53.2 Å². The third-order valence-corrected chi connectivity index (χ3v) is 5.66. The Morgan fingerprint density at radius 3 is 2.70 bits per heavy atom. The fourth-order valence-corrected chi connectivity index (χ4v) is 4.42. The number of fused-ring (bicyclic) bond motifs is 1. The van der Waals surface area contributed by atoms with Gasteiger partial charge in [-0.15, -0.1) is 0 Å². The Hall–Kier alpha value is -0.510. The summed E-state index contributed by atoms with van der Waals surface area (Å²) in [4.78, 5) is 2.60. The molecule has 1 aromatic carbocycles. The summed E-state index contributed by atoms with van der Waals surface area (Å²) in [6.45, 7) is 7.22. The lowest BCUT2D eigenvalue weighted by Gasteiger charge is -2.32. The molecule has 20 heavy (non-hydrogen) atoms. The topological polar surface area (TPSA) is 15.3 Å². The molecule has 1 aromatic rings. The predicted molar refractivity (Wildman–Crippen MR) is 88.6 cm³/mol. The number of hydrogen-bond acceptors (Lipinski definition) is 3. The average molecular weight is 290 g/mol. The molecule has 1 saturated heterocycles. The molecule has 2 unspecified atom stereocenters. The Labute approximate surface area is 127 Å². The maximum atomic E-state index is 3.80. The van der Waals surface area contributed by atoms with E-state index in [1.54, 1.807) is 11.1 Å². The van der Waals surface area contributed by atoms with E-state index in [4.69, 9.17) is 0 Å².